The first-order chi connectivity index (χ1) is 12.0. The van der Waals surface area contributed by atoms with Crippen LogP contribution in [0.4, 0.5) is 0 Å². The van der Waals surface area contributed by atoms with Crippen molar-refractivity contribution in [3.05, 3.63) is 46.5 Å². The third-order valence-corrected chi connectivity index (χ3v) is 4.46. The predicted molar refractivity (Wildman–Crippen MR) is 90.2 cm³/mol. The Labute approximate surface area is 145 Å². The minimum absolute atomic E-state index is 0.0182. The van der Waals surface area contributed by atoms with E-state index in [1.807, 2.05) is 0 Å². The van der Waals surface area contributed by atoms with E-state index in [0.29, 0.717) is 30.2 Å². The van der Waals surface area contributed by atoms with E-state index in [9.17, 15) is 9.59 Å². The van der Waals surface area contributed by atoms with E-state index >= 15 is 0 Å². The van der Waals surface area contributed by atoms with Gasteiger partial charge < -0.3 is 9.64 Å². The highest BCUT2D eigenvalue weighted by Crippen LogP contribution is 2.16. The number of hydrogen-bond acceptors (Lipinski definition) is 6. The van der Waals surface area contributed by atoms with Crippen molar-refractivity contribution in [1.82, 2.24) is 24.4 Å². The molecule has 0 aromatic carbocycles. The number of rotatable bonds is 4. The van der Waals surface area contributed by atoms with Crippen molar-refractivity contribution in [2.45, 2.75) is 39.3 Å². The Kier molecular flexibility index (Phi) is 5.06. The molecular weight excluding hydrogens is 322 g/mol. The van der Waals surface area contributed by atoms with Crippen LogP contribution >= 0.6 is 0 Å². The Morgan fingerprint density at radius 2 is 2.04 bits per heavy atom. The summed E-state index contributed by atoms with van der Waals surface area (Å²) in [5, 5.41) is 0. The fourth-order valence-electron chi connectivity index (χ4n) is 2.78. The molecule has 25 heavy (non-hydrogen) atoms. The van der Waals surface area contributed by atoms with E-state index < -0.39 is 0 Å². The van der Waals surface area contributed by atoms with Crippen molar-refractivity contribution in [1.29, 1.82) is 0 Å². The van der Waals surface area contributed by atoms with E-state index in [1.165, 1.54) is 17.2 Å². The Morgan fingerprint density at radius 1 is 1.28 bits per heavy atom. The van der Waals surface area contributed by atoms with Crippen LogP contribution in [-0.4, -0.2) is 49.5 Å². The first-order valence-corrected chi connectivity index (χ1v) is 8.27. The number of hydrogen-bond donors (Lipinski definition) is 0. The third-order valence-electron chi connectivity index (χ3n) is 4.46. The standard InChI is InChI=1S/C17H21N5O3/c1-12-13(2)20-11-22(17(12)24)9-16(23)21-7-4-14(5-8-21)25-15-3-6-18-10-19-15/h3,6,10-11,14H,4-5,7-9H2,1-2H3. The minimum atomic E-state index is -0.164. The van der Waals surface area contributed by atoms with Crippen molar-refractivity contribution in [3.8, 4) is 5.88 Å². The molecule has 8 heteroatoms. The Morgan fingerprint density at radius 3 is 2.72 bits per heavy atom. The summed E-state index contributed by atoms with van der Waals surface area (Å²) in [6, 6.07) is 1.72. The van der Waals surface area contributed by atoms with Crippen LogP contribution in [0.25, 0.3) is 0 Å². The van der Waals surface area contributed by atoms with Crippen molar-refractivity contribution < 1.29 is 9.53 Å². The van der Waals surface area contributed by atoms with Gasteiger partial charge in [0.25, 0.3) is 5.56 Å². The molecular formula is C17H21N5O3. The fraction of sp³-hybridized carbons (Fsp3) is 0.471. The summed E-state index contributed by atoms with van der Waals surface area (Å²) in [6.07, 6.45) is 6.02. The van der Waals surface area contributed by atoms with Gasteiger partial charge in [0.1, 0.15) is 19.0 Å². The highest BCUT2D eigenvalue weighted by molar-refractivity contribution is 5.76. The molecule has 0 radical (unpaired) electrons. The number of carbonyl (C=O) groups is 1. The van der Waals surface area contributed by atoms with Crippen molar-refractivity contribution in [2.75, 3.05) is 13.1 Å². The van der Waals surface area contributed by atoms with Gasteiger partial charge in [-0.3, -0.25) is 14.2 Å². The van der Waals surface area contributed by atoms with Gasteiger partial charge >= 0.3 is 0 Å². The van der Waals surface area contributed by atoms with E-state index in [0.717, 1.165) is 12.8 Å². The zero-order valence-corrected chi connectivity index (χ0v) is 14.4. The maximum absolute atomic E-state index is 12.5. The van der Waals surface area contributed by atoms with Crippen molar-refractivity contribution in [3.63, 3.8) is 0 Å². The molecule has 0 aliphatic carbocycles. The Hall–Kier alpha value is -2.77. The molecule has 132 valence electrons. The molecule has 2 aromatic rings. The van der Waals surface area contributed by atoms with Crippen LogP contribution in [0.5, 0.6) is 5.88 Å². The van der Waals surface area contributed by atoms with Crippen LogP contribution in [0.3, 0.4) is 0 Å². The predicted octanol–water partition coefficient (Wildman–Crippen LogP) is 0.720. The molecule has 1 aliphatic rings. The molecule has 0 spiro atoms. The third kappa shape index (κ3) is 4.01. The van der Waals surface area contributed by atoms with Gasteiger partial charge in [-0.1, -0.05) is 0 Å². The zero-order valence-electron chi connectivity index (χ0n) is 14.4. The monoisotopic (exact) mass is 343 g/mol. The number of nitrogens with zero attached hydrogens (tertiary/aromatic N) is 5. The quantitative estimate of drug-likeness (QED) is 0.812. The van der Waals surface area contributed by atoms with Crippen LogP contribution in [0.1, 0.15) is 24.1 Å². The Bertz CT molecular complexity index is 798. The summed E-state index contributed by atoms with van der Waals surface area (Å²) < 4.78 is 7.16. The first-order valence-electron chi connectivity index (χ1n) is 8.27. The summed E-state index contributed by atoms with van der Waals surface area (Å²) in [6.45, 7) is 4.72. The first kappa shape index (κ1) is 17.1. The molecule has 1 fully saturated rings. The van der Waals surface area contributed by atoms with Gasteiger partial charge in [0.05, 0.1) is 6.33 Å². The van der Waals surface area contributed by atoms with E-state index in [4.69, 9.17) is 4.74 Å². The summed E-state index contributed by atoms with van der Waals surface area (Å²) in [7, 11) is 0. The van der Waals surface area contributed by atoms with E-state index in [1.54, 1.807) is 31.0 Å². The molecule has 0 N–H and O–H groups in total. The number of carbonyl (C=O) groups excluding carboxylic acids is 1. The lowest BCUT2D eigenvalue weighted by Crippen LogP contribution is -2.44. The van der Waals surface area contributed by atoms with Crippen LogP contribution in [0.2, 0.25) is 0 Å². The lowest BCUT2D eigenvalue weighted by Gasteiger charge is -2.32. The van der Waals surface area contributed by atoms with Gasteiger partial charge in [-0.25, -0.2) is 15.0 Å². The smallest absolute Gasteiger partial charge is 0.256 e. The van der Waals surface area contributed by atoms with Gasteiger partial charge in [0.2, 0.25) is 11.8 Å². The second-order valence-corrected chi connectivity index (χ2v) is 6.13. The second kappa shape index (κ2) is 7.42. The van der Waals surface area contributed by atoms with E-state index in [-0.39, 0.29) is 24.1 Å². The summed E-state index contributed by atoms with van der Waals surface area (Å²) >= 11 is 0. The van der Waals surface area contributed by atoms with Gasteiger partial charge in [0, 0.05) is 49.5 Å². The minimum Gasteiger partial charge on any atom is -0.474 e. The Balaban J connectivity index is 1.55. The SMILES string of the molecule is Cc1ncn(CC(=O)N2CCC(Oc3ccncn3)CC2)c(=O)c1C. The molecule has 2 aromatic heterocycles. The highest BCUT2D eigenvalue weighted by atomic mass is 16.5. The number of aryl methyl sites for hydroxylation is 1. The topological polar surface area (TPSA) is 90.2 Å². The number of amides is 1. The lowest BCUT2D eigenvalue weighted by molar-refractivity contribution is -0.133. The number of piperidine rings is 1. The second-order valence-electron chi connectivity index (χ2n) is 6.13. The number of ether oxygens (including phenoxy) is 1. The normalized spacial score (nSPS) is 15.2. The average molecular weight is 343 g/mol. The van der Waals surface area contributed by atoms with Gasteiger partial charge in [0.15, 0.2) is 0 Å². The maximum Gasteiger partial charge on any atom is 0.256 e. The van der Waals surface area contributed by atoms with Crippen LogP contribution < -0.4 is 10.3 Å². The molecule has 1 saturated heterocycles. The van der Waals surface area contributed by atoms with Gasteiger partial charge in [-0.15, -0.1) is 0 Å². The number of likely N-dealkylation sites (tertiary alicyclic amines) is 1. The molecule has 0 bridgehead atoms. The zero-order chi connectivity index (χ0) is 17.8. The van der Waals surface area contributed by atoms with Gasteiger partial charge in [-0.2, -0.15) is 0 Å². The average Bonchev–Trinajstić information content (AvgIpc) is 2.63. The van der Waals surface area contributed by atoms with Crippen molar-refractivity contribution >= 4 is 5.91 Å². The molecule has 0 saturated carbocycles. The molecule has 0 unspecified atom stereocenters. The van der Waals surface area contributed by atoms with Gasteiger partial charge in [-0.05, 0) is 13.8 Å². The molecule has 3 heterocycles. The summed E-state index contributed by atoms with van der Waals surface area (Å²) in [5.74, 6) is 0.472. The van der Waals surface area contributed by atoms with Crippen LogP contribution in [0.15, 0.2) is 29.7 Å². The summed E-state index contributed by atoms with van der Waals surface area (Å²) in [5.41, 5.74) is 1.10. The lowest BCUT2D eigenvalue weighted by atomic mass is 10.1. The maximum atomic E-state index is 12.5. The highest BCUT2D eigenvalue weighted by Gasteiger charge is 2.24. The molecule has 3 rings (SSSR count). The van der Waals surface area contributed by atoms with Crippen LogP contribution in [-0.2, 0) is 11.3 Å². The fourth-order valence-corrected chi connectivity index (χ4v) is 2.78. The number of aromatic nitrogens is 4. The largest absolute Gasteiger partial charge is 0.474 e. The summed E-state index contributed by atoms with van der Waals surface area (Å²) in [4.78, 5) is 38.5. The van der Waals surface area contributed by atoms with Crippen molar-refractivity contribution in [2.24, 2.45) is 0 Å². The molecule has 0 atom stereocenters. The molecule has 8 nitrogen and oxygen atoms in total. The molecule has 1 aliphatic heterocycles. The molecule has 1 amide bonds. The van der Waals surface area contributed by atoms with E-state index in [2.05, 4.69) is 15.0 Å². The van der Waals surface area contributed by atoms with Crippen LogP contribution in [0, 0.1) is 13.8 Å².